The number of aromatic nitrogens is 3. The van der Waals surface area contributed by atoms with Crippen LogP contribution in [0.4, 0.5) is 4.79 Å². The van der Waals surface area contributed by atoms with Crippen molar-refractivity contribution >= 4 is 23.8 Å². The molecule has 1 fully saturated rings. The van der Waals surface area contributed by atoms with Gasteiger partial charge in [0, 0.05) is 49.8 Å². The molecule has 0 unspecified atom stereocenters. The molecule has 0 N–H and O–H groups in total. The molecule has 10 heteroatoms. The molecule has 2 aliphatic rings. The summed E-state index contributed by atoms with van der Waals surface area (Å²) in [6.45, 7) is 4.47. The minimum atomic E-state index is -0.332. The predicted octanol–water partition coefficient (Wildman–Crippen LogP) is 1.96. The number of ether oxygens (including phenoxy) is 1. The summed E-state index contributed by atoms with van der Waals surface area (Å²) >= 11 is 1.35. The number of rotatable bonds is 6. The number of carbonyl (C=O) groups is 2. The van der Waals surface area contributed by atoms with Crippen molar-refractivity contribution in [2.45, 2.75) is 44.2 Å². The molecule has 0 aromatic carbocycles. The van der Waals surface area contributed by atoms with Gasteiger partial charge in [-0.15, -0.1) is 0 Å². The lowest BCUT2D eigenvalue weighted by Gasteiger charge is -2.34. The number of fused-ring (bicyclic) bond motifs is 1. The first-order valence-corrected chi connectivity index (χ1v) is 12.4. The molecule has 0 spiro atoms. The van der Waals surface area contributed by atoms with Crippen LogP contribution in [0.3, 0.4) is 0 Å². The van der Waals surface area contributed by atoms with Gasteiger partial charge in [0.1, 0.15) is 5.03 Å². The van der Waals surface area contributed by atoms with Crippen molar-refractivity contribution in [2.24, 2.45) is 0 Å². The highest BCUT2D eigenvalue weighted by Gasteiger charge is 2.26. The minimum Gasteiger partial charge on any atom is -0.450 e. The van der Waals surface area contributed by atoms with Crippen LogP contribution in [0.25, 0.3) is 0 Å². The van der Waals surface area contributed by atoms with Crippen molar-refractivity contribution < 1.29 is 14.3 Å². The summed E-state index contributed by atoms with van der Waals surface area (Å²) in [4.78, 5) is 49.4. The molecule has 0 radical (unpaired) electrons. The maximum Gasteiger partial charge on any atom is 0.409 e. The number of hydrogen-bond acceptors (Lipinski definition) is 7. The number of hydrogen-bond donors (Lipinski definition) is 0. The van der Waals surface area contributed by atoms with Crippen LogP contribution in [0.1, 0.15) is 36.6 Å². The topological polar surface area (TPSA) is 97.6 Å². The van der Waals surface area contributed by atoms with E-state index < -0.39 is 0 Å². The van der Waals surface area contributed by atoms with E-state index in [-0.39, 0.29) is 23.4 Å². The normalized spacial score (nSPS) is 15.8. The Hall–Kier alpha value is -2.88. The van der Waals surface area contributed by atoms with Gasteiger partial charge in [-0.3, -0.25) is 14.3 Å². The van der Waals surface area contributed by atoms with Gasteiger partial charge >= 0.3 is 11.8 Å². The van der Waals surface area contributed by atoms with Crippen molar-refractivity contribution in [3.8, 4) is 0 Å². The van der Waals surface area contributed by atoms with Gasteiger partial charge in [0.15, 0.2) is 0 Å². The molecular formula is C23H29N5O4S. The van der Waals surface area contributed by atoms with E-state index in [1.165, 1.54) is 11.8 Å². The van der Waals surface area contributed by atoms with Crippen molar-refractivity contribution in [1.29, 1.82) is 0 Å². The van der Waals surface area contributed by atoms with Crippen LogP contribution in [0.15, 0.2) is 34.3 Å². The molecule has 4 rings (SSSR count). The van der Waals surface area contributed by atoms with Gasteiger partial charge in [0.05, 0.1) is 18.9 Å². The van der Waals surface area contributed by atoms with Gasteiger partial charge in [0.2, 0.25) is 5.91 Å². The van der Waals surface area contributed by atoms with Crippen LogP contribution >= 0.6 is 11.8 Å². The summed E-state index contributed by atoms with van der Waals surface area (Å²) in [6.07, 6.45) is 6.95. The number of nitrogens with zero attached hydrogens (tertiary/aromatic N) is 5. The molecule has 0 saturated carbocycles. The quantitative estimate of drug-likeness (QED) is 0.469. The zero-order valence-electron chi connectivity index (χ0n) is 18.9. The lowest BCUT2D eigenvalue weighted by molar-refractivity contribution is -0.129. The van der Waals surface area contributed by atoms with Gasteiger partial charge in [-0.25, -0.2) is 9.59 Å². The Bertz CT molecular complexity index is 1050. The second-order valence-electron chi connectivity index (χ2n) is 8.13. The Morgan fingerprint density at radius 3 is 2.61 bits per heavy atom. The average molecular weight is 472 g/mol. The fourth-order valence-electron chi connectivity index (χ4n) is 4.28. The molecule has 1 aliphatic heterocycles. The summed E-state index contributed by atoms with van der Waals surface area (Å²) in [7, 11) is 0. The van der Waals surface area contributed by atoms with E-state index in [1.54, 1.807) is 33.7 Å². The highest BCUT2D eigenvalue weighted by molar-refractivity contribution is 7.99. The number of piperazine rings is 1. The first-order chi connectivity index (χ1) is 16.1. The van der Waals surface area contributed by atoms with Crippen LogP contribution in [0.2, 0.25) is 0 Å². The summed E-state index contributed by atoms with van der Waals surface area (Å²) < 4.78 is 6.79. The largest absolute Gasteiger partial charge is 0.450 e. The van der Waals surface area contributed by atoms with Gasteiger partial charge < -0.3 is 14.5 Å². The standard InChI is InChI=1S/C23H29N5O4S/c1-2-32-23(31)27-12-10-26(11-13-27)20(29)16-33-21-18-7-3-4-8-19(18)28(22(30)25-21)15-17-6-5-9-24-14-17/h5-6,9,14H,2-4,7-8,10-13,15-16H2,1H3. The van der Waals surface area contributed by atoms with Crippen molar-refractivity contribution in [3.05, 3.63) is 51.8 Å². The summed E-state index contributed by atoms with van der Waals surface area (Å²) in [6, 6.07) is 3.82. The fraction of sp³-hybridized carbons (Fsp3) is 0.522. The zero-order valence-corrected chi connectivity index (χ0v) is 19.7. The van der Waals surface area contributed by atoms with Crippen LogP contribution in [-0.2, 0) is 28.9 Å². The zero-order chi connectivity index (χ0) is 23.2. The monoisotopic (exact) mass is 471 g/mol. The van der Waals surface area contributed by atoms with Crippen LogP contribution < -0.4 is 5.69 Å². The van der Waals surface area contributed by atoms with Gasteiger partial charge in [-0.1, -0.05) is 17.8 Å². The summed E-state index contributed by atoms with van der Waals surface area (Å²) in [5.74, 6) is 0.222. The van der Waals surface area contributed by atoms with Crippen LogP contribution in [-0.4, -0.2) is 74.9 Å². The van der Waals surface area contributed by atoms with Gasteiger partial charge in [-0.2, -0.15) is 4.98 Å². The third-order valence-electron chi connectivity index (χ3n) is 6.01. The van der Waals surface area contributed by atoms with E-state index >= 15 is 0 Å². The molecule has 2 amide bonds. The number of thioether (sulfide) groups is 1. The maximum absolute atomic E-state index is 12.9. The Morgan fingerprint density at radius 1 is 1.12 bits per heavy atom. The lowest BCUT2D eigenvalue weighted by atomic mass is 9.97. The van der Waals surface area contributed by atoms with E-state index in [9.17, 15) is 14.4 Å². The SMILES string of the molecule is CCOC(=O)N1CCN(C(=O)CSc2nc(=O)n(Cc3cccnc3)c3c2CCCC3)CC1. The highest BCUT2D eigenvalue weighted by Crippen LogP contribution is 2.29. The smallest absolute Gasteiger partial charge is 0.409 e. The van der Waals surface area contributed by atoms with Crippen molar-refractivity contribution in [1.82, 2.24) is 24.3 Å². The maximum atomic E-state index is 12.9. The minimum absolute atomic E-state index is 0.00518. The lowest BCUT2D eigenvalue weighted by Crippen LogP contribution is -2.51. The predicted molar refractivity (Wildman–Crippen MR) is 124 cm³/mol. The third kappa shape index (κ3) is 5.55. The molecule has 0 atom stereocenters. The molecule has 33 heavy (non-hydrogen) atoms. The van der Waals surface area contributed by atoms with Crippen LogP contribution in [0, 0.1) is 0 Å². The van der Waals surface area contributed by atoms with Gasteiger partial charge in [-0.05, 0) is 44.2 Å². The number of amides is 2. The van der Waals surface area contributed by atoms with Crippen molar-refractivity contribution in [3.63, 3.8) is 0 Å². The highest BCUT2D eigenvalue weighted by atomic mass is 32.2. The van der Waals surface area contributed by atoms with E-state index in [1.807, 2.05) is 12.1 Å². The number of pyridine rings is 1. The second kappa shape index (κ2) is 10.8. The molecule has 1 aliphatic carbocycles. The van der Waals surface area contributed by atoms with E-state index in [0.29, 0.717) is 44.4 Å². The molecule has 3 heterocycles. The van der Waals surface area contributed by atoms with Crippen LogP contribution in [0.5, 0.6) is 0 Å². The Labute approximate surface area is 197 Å². The Balaban J connectivity index is 1.42. The third-order valence-corrected chi connectivity index (χ3v) is 7.01. The molecule has 176 valence electrons. The second-order valence-corrected chi connectivity index (χ2v) is 9.10. The first-order valence-electron chi connectivity index (χ1n) is 11.4. The average Bonchev–Trinajstić information content (AvgIpc) is 2.85. The number of carbonyl (C=O) groups excluding carboxylic acids is 2. The Morgan fingerprint density at radius 2 is 1.88 bits per heavy atom. The van der Waals surface area contributed by atoms with E-state index in [0.717, 1.165) is 42.5 Å². The van der Waals surface area contributed by atoms with E-state index in [2.05, 4.69) is 9.97 Å². The van der Waals surface area contributed by atoms with E-state index in [4.69, 9.17) is 4.74 Å². The first kappa shape index (κ1) is 23.3. The summed E-state index contributed by atoms with van der Waals surface area (Å²) in [5.41, 5.74) is 2.81. The Kier molecular flexibility index (Phi) is 7.64. The molecule has 2 aromatic rings. The summed E-state index contributed by atoms with van der Waals surface area (Å²) in [5, 5.41) is 0.677. The fourth-order valence-corrected chi connectivity index (χ4v) is 5.26. The molecule has 0 bridgehead atoms. The molecule has 9 nitrogen and oxygen atoms in total. The van der Waals surface area contributed by atoms with Crippen molar-refractivity contribution in [2.75, 3.05) is 38.5 Å². The molecule has 1 saturated heterocycles. The van der Waals surface area contributed by atoms with Gasteiger partial charge in [0.25, 0.3) is 0 Å². The molecular weight excluding hydrogens is 442 g/mol. The molecule has 2 aromatic heterocycles.